The number of hydrogen-bond acceptors (Lipinski definition) is 2. The second-order valence-corrected chi connectivity index (χ2v) is 6.14. The van der Waals surface area contributed by atoms with E-state index in [0.717, 1.165) is 29.6 Å². The zero-order valence-corrected chi connectivity index (χ0v) is 13.1. The van der Waals surface area contributed by atoms with Crippen LogP contribution in [0.5, 0.6) is 5.75 Å². The standard InChI is InChI=1S/C17H18BrNO/c1-12-10-14(18)7-9-17(12)20-15-8-6-13-4-2-3-5-16(13)19-11-15/h2-5,7,9-10,15,19H,6,8,11H2,1H3. The van der Waals surface area contributed by atoms with Crippen molar-refractivity contribution < 1.29 is 4.74 Å². The Morgan fingerprint density at radius 3 is 2.90 bits per heavy atom. The molecular weight excluding hydrogens is 314 g/mol. The molecule has 0 aromatic heterocycles. The van der Waals surface area contributed by atoms with E-state index in [1.807, 2.05) is 12.1 Å². The summed E-state index contributed by atoms with van der Waals surface area (Å²) in [6.07, 6.45) is 2.31. The van der Waals surface area contributed by atoms with Gasteiger partial charge in [0.2, 0.25) is 0 Å². The number of nitrogens with one attached hydrogen (secondary N) is 1. The number of hydrogen-bond donors (Lipinski definition) is 1. The fourth-order valence-electron chi connectivity index (χ4n) is 2.58. The van der Waals surface area contributed by atoms with E-state index >= 15 is 0 Å². The Kier molecular flexibility index (Phi) is 3.97. The summed E-state index contributed by atoms with van der Waals surface area (Å²) in [5.74, 6) is 0.978. The van der Waals surface area contributed by atoms with Crippen molar-refractivity contribution in [3.05, 3.63) is 58.1 Å². The van der Waals surface area contributed by atoms with Gasteiger partial charge in [0.25, 0.3) is 0 Å². The minimum Gasteiger partial charge on any atom is -0.488 e. The summed E-state index contributed by atoms with van der Waals surface area (Å²) in [5, 5.41) is 3.49. The molecule has 0 saturated heterocycles. The van der Waals surface area contributed by atoms with Gasteiger partial charge in [0.1, 0.15) is 11.9 Å². The van der Waals surface area contributed by atoms with Gasteiger partial charge in [-0.2, -0.15) is 0 Å². The first-order chi connectivity index (χ1) is 9.72. The van der Waals surface area contributed by atoms with Crippen LogP contribution in [0, 0.1) is 6.92 Å². The van der Waals surface area contributed by atoms with Crippen LogP contribution >= 0.6 is 15.9 Å². The molecule has 0 saturated carbocycles. The van der Waals surface area contributed by atoms with Crippen LogP contribution < -0.4 is 10.1 Å². The molecule has 2 nitrogen and oxygen atoms in total. The van der Waals surface area contributed by atoms with Crippen LogP contribution in [0.15, 0.2) is 46.9 Å². The van der Waals surface area contributed by atoms with Gasteiger partial charge in [0, 0.05) is 10.2 Å². The van der Waals surface area contributed by atoms with Crippen molar-refractivity contribution in [3.63, 3.8) is 0 Å². The van der Waals surface area contributed by atoms with E-state index in [1.54, 1.807) is 0 Å². The fraction of sp³-hybridized carbons (Fsp3) is 0.294. The van der Waals surface area contributed by atoms with E-state index in [4.69, 9.17) is 4.74 Å². The van der Waals surface area contributed by atoms with Gasteiger partial charge in [-0.3, -0.25) is 0 Å². The number of ether oxygens (including phenoxy) is 1. The number of fused-ring (bicyclic) bond motifs is 1. The molecule has 3 heteroatoms. The molecular formula is C17H18BrNO. The molecule has 0 radical (unpaired) electrons. The van der Waals surface area contributed by atoms with Crippen molar-refractivity contribution >= 4 is 21.6 Å². The van der Waals surface area contributed by atoms with Crippen LogP contribution in [0.25, 0.3) is 0 Å². The molecule has 0 aliphatic carbocycles. The second-order valence-electron chi connectivity index (χ2n) is 5.23. The van der Waals surface area contributed by atoms with Crippen LogP contribution in [-0.2, 0) is 6.42 Å². The molecule has 0 bridgehead atoms. The fourth-order valence-corrected chi connectivity index (χ4v) is 3.05. The predicted molar refractivity (Wildman–Crippen MR) is 86.5 cm³/mol. The van der Waals surface area contributed by atoms with Crippen LogP contribution in [0.1, 0.15) is 17.5 Å². The molecule has 1 heterocycles. The minimum atomic E-state index is 0.210. The smallest absolute Gasteiger partial charge is 0.122 e. The molecule has 20 heavy (non-hydrogen) atoms. The first-order valence-electron chi connectivity index (χ1n) is 6.97. The summed E-state index contributed by atoms with van der Waals surface area (Å²) in [6, 6.07) is 14.7. The van der Waals surface area contributed by atoms with Crippen molar-refractivity contribution in [1.82, 2.24) is 0 Å². The van der Waals surface area contributed by atoms with E-state index in [9.17, 15) is 0 Å². The molecule has 2 aromatic rings. The van der Waals surface area contributed by atoms with Crippen molar-refractivity contribution in [3.8, 4) is 5.75 Å². The maximum absolute atomic E-state index is 6.17. The van der Waals surface area contributed by atoms with E-state index in [-0.39, 0.29) is 6.10 Å². The number of halogens is 1. The highest BCUT2D eigenvalue weighted by atomic mass is 79.9. The van der Waals surface area contributed by atoms with Crippen molar-refractivity contribution in [2.75, 3.05) is 11.9 Å². The summed E-state index contributed by atoms with van der Waals surface area (Å²) in [4.78, 5) is 0. The number of rotatable bonds is 2. The van der Waals surface area contributed by atoms with Crippen molar-refractivity contribution in [2.24, 2.45) is 0 Å². The highest BCUT2D eigenvalue weighted by Gasteiger charge is 2.17. The first kappa shape index (κ1) is 13.5. The summed E-state index contributed by atoms with van der Waals surface area (Å²) < 4.78 is 7.26. The van der Waals surface area contributed by atoms with Crippen LogP contribution in [0.2, 0.25) is 0 Å². The van der Waals surface area contributed by atoms with Crippen LogP contribution in [-0.4, -0.2) is 12.6 Å². The lowest BCUT2D eigenvalue weighted by Gasteiger charge is -2.19. The Morgan fingerprint density at radius 2 is 2.05 bits per heavy atom. The van der Waals surface area contributed by atoms with Crippen LogP contribution in [0.4, 0.5) is 5.69 Å². The lowest BCUT2D eigenvalue weighted by atomic mass is 10.1. The van der Waals surface area contributed by atoms with Crippen molar-refractivity contribution in [2.45, 2.75) is 25.9 Å². The largest absolute Gasteiger partial charge is 0.488 e. The van der Waals surface area contributed by atoms with E-state index in [0.29, 0.717) is 0 Å². The van der Waals surface area contributed by atoms with E-state index in [2.05, 4.69) is 58.5 Å². The molecule has 1 N–H and O–H groups in total. The third-order valence-corrected chi connectivity index (χ3v) is 4.20. The lowest BCUT2D eigenvalue weighted by molar-refractivity contribution is 0.204. The maximum Gasteiger partial charge on any atom is 0.122 e. The molecule has 1 unspecified atom stereocenters. The summed E-state index contributed by atoms with van der Waals surface area (Å²) >= 11 is 3.49. The molecule has 0 amide bonds. The summed E-state index contributed by atoms with van der Waals surface area (Å²) in [7, 11) is 0. The Labute approximate surface area is 128 Å². The molecule has 2 aromatic carbocycles. The zero-order valence-electron chi connectivity index (χ0n) is 11.5. The normalized spacial score (nSPS) is 17.8. The molecule has 3 rings (SSSR count). The number of benzene rings is 2. The quantitative estimate of drug-likeness (QED) is 0.870. The molecule has 1 aliphatic rings. The Bertz CT molecular complexity index is 585. The minimum absolute atomic E-state index is 0.210. The zero-order chi connectivity index (χ0) is 13.9. The number of anilines is 1. The molecule has 104 valence electrons. The molecule has 0 spiro atoms. The highest BCUT2D eigenvalue weighted by Crippen LogP contribution is 2.26. The van der Waals surface area contributed by atoms with Gasteiger partial charge in [-0.05, 0) is 55.2 Å². The average Bonchev–Trinajstić information content (AvgIpc) is 2.65. The molecule has 0 fully saturated rings. The van der Waals surface area contributed by atoms with Gasteiger partial charge in [-0.15, -0.1) is 0 Å². The lowest BCUT2D eigenvalue weighted by Crippen LogP contribution is -2.25. The Morgan fingerprint density at radius 1 is 1.20 bits per heavy atom. The van der Waals surface area contributed by atoms with Gasteiger partial charge in [0.15, 0.2) is 0 Å². The average molecular weight is 332 g/mol. The Balaban J connectivity index is 1.71. The van der Waals surface area contributed by atoms with Gasteiger partial charge in [-0.25, -0.2) is 0 Å². The van der Waals surface area contributed by atoms with Crippen LogP contribution in [0.3, 0.4) is 0 Å². The molecule has 1 aliphatic heterocycles. The summed E-state index contributed by atoms with van der Waals surface area (Å²) in [5.41, 5.74) is 3.79. The SMILES string of the molecule is Cc1cc(Br)ccc1OC1CCc2ccccc2NC1. The molecule has 1 atom stereocenters. The first-order valence-corrected chi connectivity index (χ1v) is 7.76. The number of para-hydroxylation sites is 1. The van der Waals surface area contributed by atoms with Crippen molar-refractivity contribution in [1.29, 1.82) is 0 Å². The highest BCUT2D eigenvalue weighted by molar-refractivity contribution is 9.10. The Hall–Kier alpha value is -1.48. The van der Waals surface area contributed by atoms with Gasteiger partial charge in [-0.1, -0.05) is 34.1 Å². The van der Waals surface area contributed by atoms with Gasteiger partial charge in [0.05, 0.1) is 6.54 Å². The van der Waals surface area contributed by atoms with Gasteiger partial charge < -0.3 is 10.1 Å². The van der Waals surface area contributed by atoms with Gasteiger partial charge >= 0.3 is 0 Å². The number of aryl methyl sites for hydroxylation is 2. The third kappa shape index (κ3) is 2.98. The van der Waals surface area contributed by atoms with E-state index in [1.165, 1.54) is 16.8 Å². The topological polar surface area (TPSA) is 21.3 Å². The second kappa shape index (κ2) is 5.88. The monoisotopic (exact) mass is 331 g/mol. The van der Waals surface area contributed by atoms with E-state index < -0.39 is 0 Å². The predicted octanol–water partition coefficient (Wildman–Crippen LogP) is 4.56. The third-order valence-electron chi connectivity index (χ3n) is 3.70. The summed E-state index contributed by atoms with van der Waals surface area (Å²) in [6.45, 7) is 2.94. The maximum atomic E-state index is 6.17.